The highest BCUT2D eigenvalue weighted by Crippen LogP contribution is 2.27. The number of rotatable bonds is 4. The van der Waals surface area contributed by atoms with Gasteiger partial charge in [-0.15, -0.1) is 0 Å². The molecule has 0 unspecified atom stereocenters. The van der Waals surface area contributed by atoms with Gasteiger partial charge in [-0.1, -0.05) is 12.1 Å². The predicted octanol–water partition coefficient (Wildman–Crippen LogP) is 2.87. The number of amides is 1. The zero-order valence-corrected chi connectivity index (χ0v) is 15.2. The number of hydrogen-bond donors (Lipinski definition) is 2. The number of hydrogen-bond acceptors (Lipinski definition) is 4. The topological polar surface area (TPSA) is 61.6 Å². The first-order chi connectivity index (χ1) is 12.5. The van der Waals surface area contributed by atoms with E-state index in [1.54, 1.807) is 18.2 Å². The summed E-state index contributed by atoms with van der Waals surface area (Å²) in [6, 6.07) is 12.3. The van der Waals surface area contributed by atoms with Gasteiger partial charge in [-0.25, -0.2) is 4.39 Å². The first-order valence-electron chi connectivity index (χ1n) is 8.90. The second kappa shape index (κ2) is 7.64. The van der Waals surface area contributed by atoms with E-state index in [0.717, 1.165) is 5.69 Å². The maximum atomic E-state index is 14.0. The zero-order valence-electron chi connectivity index (χ0n) is 15.2. The monoisotopic (exact) mass is 356 g/mol. The largest absolute Gasteiger partial charge is 0.399 e. The van der Waals surface area contributed by atoms with Crippen LogP contribution in [0.4, 0.5) is 21.5 Å². The van der Waals surface area contributed by atoms with E-state index in [0.29, 0.717) is 43.1 Å². The average Bonchev–Trinajstić information content (AvgIpc) is 2.62. The number of nitrogens with two attached hydrogens (primary N) is 1. The van der Waals surface area contributed by atoms with Crippen molar-refractivity contribution in [3.8, 4) is 0 Å². The van der Waals surface area contributed by atoms with Crippen LogP contribution in [0, 0.1) is 5.82 Å². The Balaban J connectivity index is 1.77. The first kappa shape index (κ1) is 18.0. The third-order valence-corrected chi connectivity index (χ3v) is 4.50. The quantitative estimate of drug-likeness (QED) is 0.827. The SMILES string of the molecule is CC(C)NC(=O)c1cc(N)ccc1N1CCN(c2ccccc2F)CC1. The minimum atomic E-state index is -0.203. The second-order valence-electron chi connectivity index (χ2n) is 6.83. The Bertz CT molecular complexity index is 785. The lowest BCUT2D eigenvalue weighted by Crippen LogP contribution is -2.47. The molecule has 0 bridgehead atoms. The average molecular weight is 356 g/mol. The van der Waals surface area contributed by atoms with Gasteiger partial charge >= 0.3 is 0 Å². The van der Waals surface area contributed by atoms with Gasteiger partial charge in [0, 0.05) is 43.6 Å². The Hall–Kier alpha value is -2.76. The fourth-order valence-electron chi connectivity index (χ4n) is 3.25. The molecule has 1 aliphatic heterocycles. The molecular weight excluding hydrogens is 331 g/mol. The standard InChI is InChI=1S/C20H25FN4O/c1-14(2)23-20(26)16-13-15(22)7-8-18(16)24-9-11-25(12-10-24)19-6-4-3-5-17(19)21/h3-8,13-14H,9-12,22H2,1-2H3,(H,23,26). The molecule has 0 atom stereocenters. The normalized spacial score (nSPS) is 14.6. The lowest BCUT2D eigenvalue weighted by Gasteiger charge is -2.38. The molecule has 1 amide bonds. The molecule has 26 heavy (non-hydrogen) atoms. The molecule has 1 aliphatic rings. The van der Waals surface area contributed by atoms with E-state index < -0.39 is 0 Å². The summed E-state index contributed by atoms with van der Waals surface area (Å²) in [7, 11) is 0. The van der Waals surface area contributed by atoms with E-state index in [1.807, 2.05) is 36.9 Å². The fourth-order valence-corrected chi connectivity index (χ4v) is 3.25. The molecule has 1 heterocycles. The molecule has 0 spiro atoms. The first-order valence-corrected chi connectivity index (χ1v) is 8.90. The predicted molar refractivity (Wildman–Crippen MR) is 104 cm³/mol. The summed E-state index contributed by atoms with van der Waals surface area (Å²) in [6.07, 6.45) is 0. The zero-order chi connectivity index (χ0) is 18.7. The van der Waals surface area contributed by atoms with E-state index in [1.165, 1.54) is 6.07 Å². The van der Waals surface area contributed by atoms with Crippen molar-refractivity contribution in [1.29, 1.82) is 0 Å². The van der Waals surface area contributed by atoms with Gasteiger partial charge in [0.25, 0.3) is 5.91 Å². The van der Waals surface area contributed by atoms with Crippen LogP contribution >= 0.6 is 0 Å². The number of anilines is 3. The molecule has 3 rings (SSSR count). The van der Waals surface area contributed by atoms with Crippen LogP contribution in [0.25, 0.3) is 0 Å². The molecule has 0 radical (unpaired) electrons. The highest BCUT2D eigenvalue weighted by Gasteiger charge is 2.23. The molecular formula is C20H25FN4O. The van der Waals surface area contributed by atoms with Gasteiger partial charge in [0.2, 0.25) is 0 Å². The molecule has 0 aliphatic carbocycles. The second-order valence-corrected chi connectivity index (χ2v) is 6.83. The molecule has 138 valence electrons. The lowest BCUT2D eigenvalue weighted by molar-refractivity contribution is 0.0943. The van der Waals surface area contributed by atoms with E-state index >= 15 is 0 Å². The maximum absolute atomic E-state index is 14.0. The smallest absolute Gasteiger partial charge is 0.253 e. The molecule has 0 saturated carbocycles. The van der Waals surface area contributed by atoms with Crippen LogP contribution in [-0.4, -0.2) is 38.1 Å². The number of nitrogens with one attached hydrogen (secondary N) is 1. The fraction of sp³-hybridized carbons (Fsp3) is 0.350. The van der Waals surface area contributed by atoms with Crippen molar-refractivity contribution < 1.29 is 9.18 Å². The molecule has 0 aromatic heterocycles. The Labute approximate surface area is 153 Å². The van der Waals surface area contributed by atoms with Crippen molar-refractivity contribution in [3.05, 3.63) is 53.8 Å². The van der Waals surface area contributed by atoms with Crippen molar-refractivity contribution in [3.63, 3.8) is 0 Å². The third-order valence-electron chi connectivity index (χ3n) is 4.50. The maximum Gasteiger partial charge on any atom is 0.253 e. The molecule has 2 aromatic rings. The van der Waals surface area contributed by atoms with Crippen molar-refractivity contribution in [2.24, 2.45) is 0 Å². The number of para-hydroxylation sites is 1. The number of nitrogens with zero attached hydrogens (tertiary/aromatic N) is 2. The highest BCUT2D eigenvalue weighted by molar-refractivity contribution is 6.01. The third kappa shape index (κ3) is 3.90. The van der Waals surface area contributed by atoms with Gasteiger partial charge in [0.1, 0.15) is 5.82 Å². The Morgan fingerprint density at radius 1 is 1.04 bits per heavy atom. The van der Waals surface area contributed by atoms with Gasteiger partial charge in [-0.3, -0.25) is 4.79 Å². The van der Waals surface area contributed by atoms with Crippen molar-refractivity contribution in [2.45, 2.75) is 19.9 Å². The number of carbonyl (C=O) groups is 1. The molecule has 2 aromatic carbocycles. The van der Waals surface area contributed by atoms with Gasteiger partial charge in [0.05, 0.1) is 11.3 Å². The van der Waals surface area contributed by atoms with Gasteiger partial charge in [-0.2, -0.15) is 0 Å². The Morgan fingerprint density at radius 2 is 1.65 bits per heavy atom. The number of benzene rings is 2. The Morgan fingerprint density at radius 3 is 2.27 bits per heavy atom. The van der Waals surface area contributed by atoms with Gasteiger partial charge < -0.3 is 20.9 Å². The van der Waals surface area contributed by atoms with Crippen LogP contribution in [0.2, 0.25) is 0 Å². The highest BCUT2D eigenvalue weighted by atomic mass is 19.1. The van der Waals surface area contributed by atoms with Crippen LogP contribution in [-0.2, 0) is 0 Å². The minimum Gasteiger partial charge on any atom is -0.399 e. The molecule has 3 N–H and O–H groups in total. The summed E-state index contributed by atoms with van der Waals surface area (Å²) in [5.41, 5.74) is 8.53. The number of nitrogen functional groups attached to an aromatic ring is 1. The Kier molecular flexibility index (Phi) is 5.30. The van der Waals surface area contributed by atoms with Crippen molar-refractivity contribution in [1.82, 2.24) is 5.32 Å². The summed E-state index contributed by atoms with van der Waals surface area (Å²) in [6.45, 7) is 6.65. The summed E-state index contributed by atoms with van der Waals surface area (Å²) >= 11 is 0. The van der Waals surface area contributed by atoms with Crippen LogP contribution in [0.15, 0.2) is 42.5 Å². The van der Waals surface area contributed by atoms with Crippen molar-refractivity contribution >= 4 is 23.0 Å². The van der Waals surface area contributed by atoms with Crippen LogP contribution < -0.4 is 20.9 Å². The molecule has 6 heteroatoms. The van der Waals surface area contributed by atoms with Crippen LogP contribution in [0.3, 0.4) is 0 Å². The number of piperazine rings is 1. The van der Waals surface area contributed by atoms with Gasteiger partial charge in [-0.05, 0) is 44.2 Å². The summed E-state index contributed by atoms with van der Waals surface area (Å²) < 4.78 is 14.0. The van der Waals surface area contributed by atoms with E-state index in [4.69, 9.17) is 5.73 Å². The molecule has 1 fully saturated rings. The molecule has 5 nitrogen and oxygen atoms in total. The molecule has 1 saturated heterocycles. The van der Waals surface area contributed by atoms with E-state index in [2.05, 4.69) is 10.2 Å². The number of carbonyl (C=O) groups excluding carboxylic acids is 1. The summed E-state index contributed by atoms with van der Waals surface area (Å²) in [4.78, 5) is 16.7. The summed E-state index contributed by atoms with van der Waals surface area (Å²) in [5, 5.41) is 2.93. The van der Waals surface area contributed by atoms with E-state index in [9.17, 15) is 9.18 Å². The minimum absolute atomic E-state index is 0.0506. The van der Waals surface area contributed by atoms with Gasteiger partial charge in [0.15, 0.2) is 0 Å². The lowest BCUT2D eigenvalue weighted by atomic mass is 10.1. The van der Waals surface area contributed by atoms with Crippen LogP contribution in [0.5, 0.6) is 0 Å². The number of halogens is 1. The van der Waals surface area contributed by atoms with Crippen LogP contribution in [0.1, 0.15) is 24.2 Å². The summed E-state index contributed by atoms with van der Waals surface area (Å²) in [5.74, 6) is -0.329. The van der Waals surface area contributed by atoms with Crippen molar-refractivity contribution in [2.75, 3.05) is 41.7 Å². The van der Waals surface area contributed by atoms with E-state index in [-0.39, 0.29) is 17.8 Å².